The molecule has 3 rings (SSSR count). The lowest BCUT2D eigenvalue weighted by molar-refractivity contribution is 0.0593. The standard InChI is InChI=1S/C17H15BrN2O3/c1-23-16(22)14-7-2-11(10-19-14)15(21)20-17(8-9-17)12-3-5-13(18)6-4-12/h2-7,10H,8-9H2,1H3,(H,20,21). The highest BCUT2D eigenvalue weighted by atomic mass is 79.9. The molecular weight excluding hydrogens is 360 g/mol. The van der Waals surface area contributed by atoms with E-state index in [1.54, 1.807) is 6.07 Å². The van der Waals surface area contributed by atoms with Crippen LogP contribution in [0.4, 0.5) is 0 Å². The van der Waals surface area contributed by atoms with Crippen molar-refractivity contribution in [3.63, 3.8) is 0 Å². The maximum Gasteiger partial charge on any atom is 0.356 e. The summed E-state index contributed by atoms with van der Waals surface area (Å²) < 4.78 is 5.59. The van der Waals surface area contributed by atoms with E-state index < -0.39 is 5.97 Å². The third-order valence-electron chi connectivity index (χ3n) is 3.92. The van der Waals surface area contributed by atoms with E-state index in [0.717, 1.165) is 22.9 Å². The molecule has 23 heavy (non-hydrogen) atoms. The third kappa shape index (κ3) is 3.27. The first kappa shape index (κ1) is 15.7. The highest BCUT2D eigenvalue weighted by Crippen LogP contribution is 2.45. The van der Waals surface area contributed by atoms with Gasteiger partial charge in [-0.15, -0.1) is 0 Å². The highest BCUT2D eigenvalue weighted by Gasteiger charge is 2.45. The fourth-order valence-corrected chi connectivity index (χ4v) is 2.69. The highest BCUT2D eigenvalue weighted by molar-refractivity contribution is 9.10. The van der Waals surface area contributed by atoms with Crippen LogP contribution >= 0.6 is 15.9 Å². The number of carbonyl (C=O) groups excluding carboxylic acids is 2. The largest absolute Gasteiger partial charge is 0.464 e. The van der Waals surface area contributed by atoms with Crippen LogP contribution in [0.25, 0.3) is 0 Å². The fraction of sp³-hybridized carbons (Fsp3) is 0.235. The van der Waals surface area contributed by atoms with Gasteiger partial charge < -0.3 is 10.1 Å². The van der Waals surface area contributed by atoms with Crippen molar-refractivity contribution in [3.8, 4) is 0 Å². The minimum Gasteiger partial charge on any atom is -0.464 e. The monoisotopic (exact) mass is 374 g/mol. The van der Waals surface area contributed by atoms with Crippen molar-refractivity contribution in [2.45, 2.75) is 18.4 Å². The van der Waals surface area contributed by atoms with Crippen molar-refractivity contribution in [1.82, 2.24) is 10.3 Å². The number of pyridine rings is 1. The summed E-state index contributed by atoms with van der Waals surface area (Å²) >= 11 is 3.41. The smallest absolute Gasteiger partial charge is 0.356 e. The molecule has 2 aromatic rings. The number of nitrogens with one attached hydrogen (secondary N) is 1. The number of hydrogen-bond acceptors (Lipinski definition) is 4. The van der Waals surface area contributed by atoms with E-state index in [-0.39, 0.29) is 17.1 Å². The molecule has 1 aliphatic rings. The summed E-state index contributed by atoms with van der Waals surface area (Å²) in [5.41, 5.74) is 1.39. The number of amides is 1. The molecule has 1 amide bonds. The molecule has 1 fully saturated rings. The van der Waals surface area contributed by atoms with Crippen LogP contribution in [0.15, 0.2) is 47.1 Å². The number of nitrogens with zero attached hydrogens (tertiary/aromatic N) is 1. The van der Waals surface area contributed by atoms with Crippen molar-refractivity contribution < 1.29 is 14.3 Å². The first-order chi connectivity index (χ1) is 11.0. The zero-order valence-corrected chi connectivity index (χ0v) is 14.1. The Bertz CT molecular complexity index is 737. The number of ether oxygens (including phenoxy) is 1. The quantitative estimate of drug-likeness (QED) is 0.835. The van der Waals surface area contributed by atoms with E-state index in [1.807, 2.05) is 24.3 Å². The van der Waals surface area contributed by atoms with Gasteiger partial charge in [0.2, 0.25) is 0 Å². The fourth-order valence-electron chi connectivity index (χ4n) is 2.42. The molecule has 1 N–H and O–H groups in total. The van der Waals surface area contributed by atoms with Crippen molar-refractivity contribution in [3.05, 3.63) is 63.9 Å². The molecule has 0 saturated heterocycles. The summed E-state index contributed by atoms with van der Waals surface area (Å²) in [4.78, 5) is 27.7. The molecule has 1 aromatic carbocycles. The van der Waals surface area contributed by atoms with Gasteiger partial charge >= 0.3 is 5.97 Å². The van der Waals surface area contributed by atoms with Gasteiger partial charge in [0.1, 0.15) is 5.69 Å². The predicted molar refractivity (Wildman–Crippen MR) is 88.1 cm³/mol. The first-order valence-electron chi connectivity index (χ1n) is 7.17. The van der Waals surface area contributed by atoms with Gasteiger partial charge in [-0.1, -0.05) is 28.1 Å². The number of hydrogen-bond donors (Lipinski definition) is 1. The van der Waals surface area contributed by atoms with Crippen LogP contribution in [0.2, 0.25) is 0 Å². The molecule has 1 saturated carbocycles. The summed E-state index contributed by atoms with van der Waals surface area (Å²) in [7, 11) is 1.29. The third-order valence-corrected chi connectivity index (χ3v) is 4.45. The van der Waals surface area contributed by atoms with E-state index in [0.29, 0.717) is 5.56 Å². The Kier molecular flexibility index (Phi) is 4.17. The van der Waals surface area contributed by atoms with Gasteiger partial charge in [0, 0.05) is 10.7 Å². The lowest BCUT2D eigenvalue weighted by Crippen LogP contribution is -2.34. The lowest BCUT2D eigenvalue weighted by atomic mass is 10.0. The average Bonchev–Trinajstić information content (AvgIpc) is 3.35. The number of aromatic nitrogens is 1. The molecule has 6 heteroatoms. The van der Waals surface area contributed by atoms with Gasteiger partial charge in [-0.05, 0) is 42.7 Å². The van der Waals surface area contributed by atoms with Crippen LogP contribution in [0, 0.1) is 0 Å². The van der Waals surface area contributed by atoms with Crippen LogP contribution < -0.4 is 5.32 Å². The van der Waals surface area contributed by atoms with Gasteiger partial charge in [-0.2, -0.15) is 0 Å². The van der Waals surface area contributed by atoms with Crippen molar-refractivity contribution in [1.29, 1.82) is 0 Å². The van der Waals surface area contributed by atoms with E-state index in [2.05, 4.69) is 31.0 Å². The van der Waals surface area contributed by atoms with E-state index in [1.165, 1.54) is 19.4 Å². The Morgan fingerprint density at radius 2 is 1.87 bits per heavy atom. The summed E-state index contributed by atoms with van der Waals surface area (Å²) in [6, 6.07) is 11.0. The Hall–Kier alpha value is -2.21. The molecule has 1 heterocycles. The average molecular weight is 375 g/mol. The van der Waals surface area contributed by atoms with Gasteiger partial charge in [-0.3, -0.25) is 4.79 Å². The zero-order chi connectivity index (χ0) is 16.4. The number of rotatable bonds is 4. The number of esters is 1. The van der Waals surface area contributed by atoms with Gasteiger partial charge in [0.25, 0.3) is 5.91 Å². The van der Waals surface area contributed by atoms with Gasteiger partial charge in [0.15, 0.2) is 0 Å². The Morgan fingerprint density at radius 1 is 1.17 bits per heavy atom. The van der Waals surface area contributed by atoms with Crippen LogP contribution in [0.3, 0.4) is 0 Å². The summed E-state index contributed by atoms with van der Waals surface area (Å²) in [6.45, 7) is 0. The van der Waals surface area contributed by atoms with E-state index in [4.69, 9.17) is 0 Å². The van der Waals surface area contributed by atoms with Crippen LogP contribution in [0.5, 0.6) is 0 Å². The van der Waals surface area contributed by atoms with Gasteiger partial charge in [0.05, 0.1) is 18.2 Å². The van der Waals surface area contributed by atoms with E-state index >= 15 is 0 Å². The Morgan fingerprint density at radius 3 is 2.39 bits per heavy atom. The maximum absolute atomic E-state index is 12.4. The lowest BCUT2D eigenvalue weighted by Gasteiger charge is -2.18. The van der Waals surface area contributed by atoms with Crippen LogP contribution in [0.1, 0.15) is 39.3 Å². The first-order valence-corrected chi connectivity index (χ1v) is 7.96. The minimum absolute atomic E-state index is 0.179. The second-order valence-corrected chi connectivity index (χ2v) is 6.38. The zero-order valence-electron chi connectivity index (χ0n) is 12.5. The second-order valence-electron chi connectivity index (χ2n) is 5.47. The normalized spacial score (nSPS) is 14.9. The van der Waals surface area contributed by atoms with Crippen molar-refractivity contribution in [2.75, 3.05) is 7.11 Å². The van der Waals surface area contributed by atoms with Crippen molar-refractivity contribution in [2.24, 2.45) is 0 Å². The van der Waals surface area contributed by atoms with Gasteiger partial charge in [-0.25, -0.2) is 9.78 Å². The molecular formula is C17H15BrN2O3. The molecule has 1 aromatic heterocycles. The predicted octanol–water partition coefficient (Wildman–Crippen LogP) is 3.05. The number of methoxy groups -OCH3 is 1. The molecule has 118 valence electrons. The minimum atomic E-state index is -0.523. The topological polar surface area (TPSA) is 68.3 Å². The Balaban J connectivity index is 1.74. The molecule has 0 radical (unpaired) electrons. The molecule has 0 spiro atoms. The molecule has 0 aliphatic heterocycles. The Labute approximate surface area is 142 Å². The molecule has 5 nitrogen and oxygen atoms in total. The number of halogens is 1. The summed E-state index contributed by atoms with van der Waals surface area (Å²) in [6.07, 6.45) is 3.21. The SMILES string of the molecule is COC(=O)c1ccc(C(=O)NC2(c3ccc(Br)cc3)CC2)cn1. The second kappa shape index (κ2) is 6.12. The van der Waals surface area contributed by atoms with Crippen LogP contribution in [-0.2, 0) is 10.3 Å². The number of carbonyl (C=O) groups is 2. The molecule has 0 bridgehead atoms. The number of benzene rings is 1. The van der Waals surface area contributed by atoms with E-state index in [9.17, 15) is 9.59 Å². The molecule has 0 unspecified atom stereocenters. The molecule has 0 atom stereocenters. The summed E-state index contributed by atoms with van der Waals surface area (Å²) in [5.74, 6) is -0.722. The maximum atomic E-state index is 12.4. The summed E-state index contributed by atoms with van der Waals surface area (Å²) in [5, 5.41) is 3.07. The van der Waals surface area contributed by atoms with Crippen LogP contribution in [-0.4, -0.2) is 24.0 Å². The molecule has 1 aliphatic carbocycles. The van der Waals surface area contributed by atoms with Crippen molar-refractivity contribution >= 4 is 27.8 Å².